The number of carboxylic acid groups (broad SMARTS) is 1. The lowest BCUT2D eigenvalue weighted by Gasteiger charge is -2.43. The van der Waals surface area contributed by atoms with E-state index >= 15 is 0 Å². The van der Waals surface area contributed by atoms with Crippen molar-refractivity contribution in [3.63, 3.8) is 0 Å². The molecule has 0 spiro atoms. The molecule has 2 amide bonds. The van der Waals surface area contributed by atoms with Gasteiger partial charge in [0.05, 0.1) is 5.88 Å². The molecule has 0 radical (unpaired) electrons. The number of urea groups is 1. The van der Waals surface area contributed by atoms with Gasteiger partial charge in [-0.05, 0) is 25.2 Å². The molecule has 0 saturated carbocycles. The molecule has 1 N–H and O–H groups in total. The minimum absolute atomic E-state index is 0.108. The summed E-state index contributed by atoms with van der Waals surface area (Å²) in [6.45, 7) is 7.11. The van der Waals surface area contributed by atoms with Gasteiger partial charge in [-0.1, -0.05) is 13.8 Å². The van der Waals surface area contributed by atoms with Gasteiger partial charge in [-0.25, -0.2) is 9.59 Å². The van der Waals surface area contributed by atoms with E-state index in [1.54, 1.807) is 0 Å². The maximum Gasteiger partial charge on any atom is 0.327 e. The maximum absolute atomic E-state index is 12.6. The van der Waals surface area contributed by atoms with Crippen molar-refractivity contribution in [2.45, 2.75) is 39.3 Å². The number of aliphatic carboxylic acids is 1. The number of piperidine rings is 1. The van der Waals surface area contributed by atoms with Crippen molar-refractivity contribution in [3.8, 4) is 0 Å². The standard InChI is InChI=1S/C13H22N2O3S/c1-8-4-9(2)10(3)14(5-8)13(18)15-7-19-6-11(15)12(16)17/h8-11H,4-7H2,1-3H3,(H,16,17). The van der Waals surface area contributed by atoms with Crippen molar-refractivity contribution in [2.24, 2.45) is 11.8 Å². The number of hydrogen-bond acceptors (Lipinski definition) is 3. The van der Waals surface area contributed by atoms with Gasteiger partial charge in [-0.3, -0.25) is 0 Å². The molecule has 2 fully saturated rings. The Labute approximate surface area is 118 Å². The molecule has 2 aliphatic rings. The number of hydrogen-bond donors (Lipinski definition) is 1. The van der Waals surface area contributed by atoms with Crippen LogP contribution >= 0.6 is 11.8 Å². The predicted molar refractivity (Wildman–Crippen MR) is 75.1 cm³/mol. The largest absolute Gasteiger partial charge is 0.480 e. The molecule has 19 heavy (non-hydrogen) atoms. The van der Waals surface area contributed by atoms with Gasteiger partial charge in [0.2, 0.25) is 0 Å². The average Bonchev–Trinajstić information content (AvgIpc) is 2.82. The van der Waals surface area contributed by atoms with Gasteiger partial charge < -0.3 is 14.9 Å². The zero-order valence-corrected chi connectivity index (χ0v) is 12.5. The van der Waals surface area contributed by atoms with E-state index in [-0.39, 0.29) is 12.1 Å². The van der Waals surface area contributed by atoms with Crippen LogP contribution in [0.2, 0.25) is 0 Å². The summed E-state index contributed by atoms with van der Waals surface area (Å²) in [5.74, 6) is 1.03. The first-order valence-corrected chi connectivity index (χ1v) is 7.95. The second kappa shape index (κ2) is 5.61. The topological polar surface area (TPSA) is 60.9 Å². The second-order valence-corrected chi connectivity index (χ2v) is 6.82. The fourth-order valence-corrected chi connectivity index (χ4v) is 4.11. The third kappa shape index (κ3) is 2.83. The predicted octanol–water partition coefficient (Wildman–Crippen LogP) is 1.93. The van der Waals surface area contributed by atoms with Crippen LogP contribution in [-0.2, 0) is 4.79 Å². The van der Waals surface area contributed by atoms with E-state index in [1.807, 2.05) is 4.90 Å². The van der Waals surface area contributed by atoms with Crippen LogP contribution in [0.3, 0.4) is 0 Å². The molecular weight excluding hydrogens is 264 g/mol. The fourth-order valence-electron chi connectivity index (χ4n) is 2.97. The van der Waals surface area contributed by atoms with Gasteiger partial charge in [-0.2, -0.15) is 0 Å². The number of carbonyl (C=O) groups is 2. The maximum atomic E-state index is 12.6. The molecule has 2 rings (SSSR count). The molecular formula is C13H22N2O3S. The molecule has 0 aromatic carbocycles. The highest BCUT2D eigenvalue weighted by Gasteiger charge is 2.40. The Morgan fingerprint density at radius 1 is 1.21 bits per heavy atom. The molecule has 4 atom stereocenters. The van der Waals surface area contributed by atoms with E-state index < -0.39 is 12.0 Å². The van der Waals surface area contributed by atoms with E-state index in [2.05, 4.69) is 20.8 Å². The number of carbonyl (C=O) groups excluding carboxylic acids is 1. The number of rotatable bonds is 1. The highest BCUT2D eigenvalue weighted by Crippen LogP contribution is 2.30. The minimum Gasteiger partial charge on any atom is -0.480 e. The summed E-state index contributed by atoms with van der Waals surface area (Å²) in [7, 11) is 0. The van der Waals surface area contributed by atoms with Crippen molar-refractivity contribution in [1.29, 1.82) is 0 Å². The Morgan fingerprint density at radius 2 is 1.89 bits per heavy atom. The summed E-state index contributed by atoms with van der Waals surface area (Å²) < 4.78 is 0. The van der Waals surface area contributed by atoms with Gasteiger partial charge in [-0.15, -0.1) is 11.8 Å². The van der Waals surface area contributed by atoms with Gasteiger partial charge in [0.15, 0.2) is 0 Å². The minimum atomic E-state index is -0.899. The van der Waals surface area contributed by atoms with Crippen LogP contribution in [0.25, 0.3) is 0 Å². The van der Waals surface area contributed by atoms with Gasteiger partial charge in [0, 0.05) is 18.3 Å². The first-order valence-electron chi connectivity index (χ1n) is 6.79. The zero-order chi connectivity index (χ0) is 14.2. The SMILES string of the molecule is CC1CC(C)C(C)N(C(=O)N2CSCC2C(=O)O)C1. The molecule has 2 heterocycles. The smallest absolute Gasteiger partial charge is 0.327 e. The zero-order valence-electron chi connectivity index (χ0n) is 11.7. The van der Waals surface area contributed by atoms with Crippen LogP contribution in [-0.4, -0.2) is 57.2 Å². The van der Waals surface area contributed by atoms with E-state index in [1.165, 1.54) is 16.7 Å². The Kier molecular flexibility index (Phi) is 4.28. The highest BCUT2D eigenvalue weighted by atomic mass is 32.2. The third-order valence-corrected chi connectivity index (χ3v) is 5.27. The summed E-state index contributed by atoms with van der Waals surface area (Å²) in [6, 6.07) is -0.593. The molecule has 108 valence electrons. The summed E-state index contributed by atoms with van der Waals surface area (Å²) in [6.07, 6.45) is 1.13. The quantitative estimate of drug-likeness (QED) is 0.800. The van der Waals surface area contributed by atoms with Crippen LogP contribution in [0.5, 0.6) is 0 Å². The van der Waals surface area contributed by atoms with E-state index in [4.69, 9.17) is 0 Å². The highest BCUT2D eigenvalue weighted by molar-refractivity contribution is 7.99. The van der Waals surface area contributed by atoms with E-state index in [0.717, 1.165) is 13.0 Å². The number of carboxylic acids is 1. The Balaban J connectivity index is 2.11. The van der Waals surface area contributed by atoms with Gasteiger partial charge in [0.1, 0.15) is 6.04 Å². The molecule has 0 bridgehead atoms. The van der Waals surface area contributed by atoms with Crippen molar-refractivity contribution in [3.05, 3.63) is 0 Å². The fraction of sp³-hybridized carbons (Fsp3) is 0.846. The molecule has 2 aliphatic heterocycles. The molecule has 0 aromatic rings. The van der Waals surface area contributed by atoms with Gasteiger partial charge >= 0.3 is 12.0 Å². The van der Waals surface area contributed by atoms with Crippen molar-refractivity contribution in [1.82, 2.24) is 9.80 Å². The third-order valence-electron chi connectivity index (χ3n) is 4.26. The lowest BCUT2D eigenvalue weighted by Crippen LogP contribution is -2.56. The normalized spacial score (nSPS) is 35.5. The van der Waals surface area contributed by atoms with E-state index in [9.17, 15) is 14.7 Å². The van der Waals surface area contributed by atoms with Crippen molar-refractivity contribution in [2.75, 3.05) is 18.2 Å². The van der Waals surface area contributed by atoms with Crippen LogP contribution in [0.15, 0.2) is 0 Å². The van der Waals surface area contributed by atoms with Crippen molar-refractivity contribution < 1.29 is 14.7 Å². The summed E-state index contributed by atoms with van der Waals surface area (Å²) in [5, 5.41) is 9.18. The van der Waals surface area contributed by atoms with Crippen LogP contribution < -0.4 is 0 Å². The first kappa shape index (κ1) is 14.5. The molecule has 0 aromatic heterocycles. The molecule has 2 saturated heterocycles. The van der Waals surface area contributed by atoms with Gasteiger partial charge in [0.25, 0.3) is 0 Å². The monoisotopic (exact) mass is 286 g/mol. The van der Waals surface area contributed by atoms with Crippen LogP contribution in [0, 0.1) is 11.8 Å². The molecule has 5 nitrogen and oxygen atoms in total. The summed E-state index contributed by atoms with van der Waals surface area (Å²) in [4.78, 5) is 27.1. The number of thioether (sulfide) groups is 1. The number of amides is 2. The Morgan fingerprint density at radius 3 is 2.53 bits per heavy atom. The number of nitrogens with zero attached hydrogens (tertiary/aromatic N) is 2. The van der Waals surface area contributed by atoms with Crippen LogP contribution in [0.1, 0.15) is 27.2 Å². The Hall–Kier alpha value is -0.910. The Bertz CT molecular complexity index is 377. The van der Waals surface area contributed by atoms with Crippen LogP contribution in [0.4, 0.5) is 4.79 Å². The summed E-state index contributed by atoms with van der Waals surface area (Å²) >= 11 is 1.51. The lowest BCUT2D eigenvalue weighted by molar-refractivity contribution is -0.141. The second-order valence-electron chi connectivity index (χ2n) is 5.82. The number of likely N-dealkylation sites (tertiary alicyclic amines) is 1. The lowest BCUT2D eigenvalue weighted by atomic mass is 9.86. The first-order chi connectivity index (χ1) is 8.91. The molecule has 6 heteroatoms. The summed E-state index contributed by atoms with van der Waals surface area (Å²) in [5.41, 5.74) is 0. The average molecular weight is 286 g/mol. The molecule has 4 unspecified atom stereocenters. The van der Waals surface area contributed by atoms with E-state index in [0.29, 0.717) is 23.5 Å². The van der Waals surface area contributed by atoms with Crippen molar-refractivity contribution >= 4 is 23.8 Å². The molecule has 0 aliphatic carbocycles.